The van der Waals surface area contributed by atoms with Crippen molar-refractivity contribution in [2.75, 3.05) is 0 Å². The first-order valence-corrected chi connectivity index (χ1v) is 7.58. The van der Waals surface area contributed by atoms with E-state index in [0.29, 0.717) is 6.42 Å². The minimum atomic E-state index is -2.27. The molecule has 0 unspecified atom stereocenters. The maximum absolute atomic E-state index is 11.7. The van der Waals surface area contributed by atoms with Crippen molar-refractivity contribution in [3.05, 3.63) is 0 Å². The first-order chi connectivity index (χ1) is 10.3. The van der Waals surface area contributed by atoms with E-state index in [4.69, 9.17) is 11.6 Å². The predicted molar refractivity (Wildman–Crippen MR) is 79.0 cm³/mol. The lowest BCUT2D eigenvalue weighted by Crippen LogP contribution is -2.41. The second-order valence-corrected chi connectivity index (χ2v) is 5.10. The van der Waals surface area contributed by atoms with Gasteiger partial charge in [0.05, 0.1) is 1.37 Å². The Labute approximate surface area is 127 Å². The fourth-order valence-corrected chi connectivity index (χ4v) is 1.93. The third-order valence-corrected chi connectivity index (χ3v) is 3.14. The smallest absolute Gasteiger partial charge is 0.326 e. The molecule has 0 radical (unpaired) electrons. The summed E-state index contributed by atoms with van der Waals surface area (Å²) in [4.78, 5) is 33.2. The predicted octanol–water partition coefficient (Wildman–Crippen LogP) is 2.56. The molecule has 0 fully saturated rings. The van der Waals surface area contributed by atoms with Gasteiger partial charge in [0, 0.05) is 12.8 Å². The lowest BCUT2D eigenvalue weighted by atomic mass is 10.1. The van der Waals surface area contributed by atoms with Gasteiger partial charge in [0.15, 0.2) is 0 Å². The first-order valence-electron chi connectivity index (χ1n) is 8.08. The zero-order valence-corrected chi connectivity index (χ0v) is 12.7. The number of carbonyl (C=O) groups is 3. The molecule has 6 heteroatoms. The average molecular weight is 303 g/mol. The molecule has 6 nitrogen and oxygen atoms in total. The van der Waals surface area contributed by atoms with Crippen LogP contribution in [0.15, 0.2) is 0 Å². The second kappa shape index (κ2) is 12.2. The minimum absolute atomic E-state index is 0.161. The highest BCUT2D eigenvalue weighted by atomic mass is 16.4. The van der Waals surface area contributed by atoms with Gasteiger partial charge >= 0.3 is 11.9 Å². The van der Waals surface area contributed by atoms with Crippen LogP contribution in [0.1, 0.15) is 72.5 Å². The van der Waals surface area contributed by atoms with E-state index in [1.165, 1.54) is 19.3 Å². The second-order valence-electron chi connectivity index (χ2n) is 5.10. The highest BCUT2D eigenvalue weighted by molar-refractivity contribution is 5.83. The topological polar surface area (TPSA) is 104 Å². The fraction of sp³-hybridized carbons (Fsp3) is 0.800. The molecule has 0 spiro atoms. The van der Waals surface area contributed by atoms with Crippen molar-refractivity contribution in [2.24, 2.45) is 0 Å². The molecule has 1 atom stereocenters. The molecular weight excluding hydrogens is 274 g/mol. The Morgan fingerprint density at radius 3 is 2.10 bits per heavy atom. The molecule has 0 bridgehead atoms. The van der Waals surface area contributed by atoms with Gasteiger partial charge in [-0.2, -0.15) is 0 Å². The Morgan fingerprint density at radius 2 is 1.57 bits per heavy atom. The fourth-order valence-electron chi connectivity index (χ4n) is 1.93. The summed E-state index contributed by atoms with van der Waals surface area (Å²) in [6, 6.07) is -2.27. The summed E-state index contributed by atoms with van der Waals surface area (Å²) in [5.41, 5.74) is 0. The Balaban J connectivity index is 4.03. The third-order valence-electron chi connectivity index (χ3n) is 3.14. The summed E-state index contributed by atoms with van der Waals surface area (Å²) in [7, 11) is 0. The Morgan fingerprint density at radius 1 is 1.00 bits per heavy atom. The van der Waals surface area contributed by atoms with E-state index in [9.17, 15) is 14.4 Å². The molecule has 0 aliphatic carbocycles. The van der Waals surface area contributed by atoms with Crippen LogP contribution < -0.4 is 5.32 Å². The standard InChI is InChI=1S/C15H27NO5/c1-2-3-4-5-6-7-8-9-13(17)16-12(15(20)21)10-11-14(18)19/h12H,2-11H2,1H3,(H,16,17)(H,18,19)(H,20,21)/t12-/m0/s1/i12T. The van der Waals surface area contributed by atoms with Gasteiger partial charge in [-0.3, -0.25) is 9.59 Å². The van der Waals surface area contributed by atoms with Crippen LogP contribution in [0.5, 0.6) is 0 Å². The van der Waals surface area contributed by atoms with Crippen LogP contribution in [-0.4, -0.2) is 34.1 Å². The molecule has 0 aliphatic heterocycles. The third kappa shape index (κ3) is 11.9. The van der Waals surface area contributed by atoms with E-state index in [0.717, 1.165) is 19.3 Å². The van der Waals surface area contributed by atoms with Crippen molar-refractivity contribution < 1.29 is 26.0 Å². The minimum Gasteiger partial charge on any atom is -0.481 e. The summed E-state index contributed by atoms with van der Waals surface area (Å²) < 4.78 is 7.70. The van der Waals surface area contributed by atoms with Gasteiger partial charge in [0.1, 0.15) is 6.02 Å². The molecule has 0 heterocycles. The normalized spacial score (nSPS) is 14.0. The molecule has 3 N–H and O–H groups in total. The SMILES string of the molecule is [3H][C@@](CCC(=O)O)(NC(=O)CCCCCCCCC)C(=O)O. The first kappa shape index (κ1) is 17.5. The highest BCUT2D eigenvalue weighted by Crippen LogP contribution is 2.08. The van der Waals surface area contributed by atoms with Crippen LogP contribution >= 0.6 is 0 Å². The van der Waals surface area contributed by atoms with Crippen molar-refractivity contribution in [3.63, 3.8) is 0 Å². The number of amides is 1. The van der Waals surface area contributed by atoms with Crippen molar-refractivity contribution in [1.29, 1.82) is 0 Å². The van der Waals surface area contributed by atoms with E-state index in [1.807, 2.05) is 0 Å². The van der Waals surface area contributed by atoms with E-state index in [2.05, 4.69) is 12.2 Å². The molecule has 0 aliphatic rings. The number of carboxylic acid groups (broad SMARTS) is 2. The molecule has 1 amide bonds. The molecule has 122 valence electrons. The largest absolute Gasteiger partial charge is 0.481 e. The lowest BCUT2D eigenvalue weighted by molar-refractivity contribution is -0.143. The van der Waals surface area contributed by atoms with Crippen LogP contribution in [0.4, 0.5) is 0 Å². The number of hydrogen-bond donors (Lipinski definition) is 3. The maximum atomic E-state index is 11.7. The zero-order chi connectivity index (χ0) is 17.0. The number of unbranched alkanes of at least 4 members (excludes halogenated alkanes) is 6. The van der Waals surface area contributed by atoms with Crippen LogP contribution in [0.25, 0.3) is 0 Å². The Hall–Kier alpha value is -1.59. The van der Waals surface area contributed by atoms with Gasteiger partial charge in [0.25, 0.3) is 0 Å². The molecule has 0 saturated carbocycles. The summed E-state index contributed by atoms with van der Waals surface area (Å²) >= 11 is 0. The van der Waals surface area contributed by atoms with Gasteiger partial charge < -0.3 is 15.5 Å². The van der Waals surface area contributed by atoms with Crippen molar-refractivity contribution >= 4 is 17.8 Å². The number of rotatable bonds is 13. The van der Waals surface area contributed by atoms with Crippen molar-refractivity contribution in [1.82, 2.24) is 5.32 Å². The number of nitrogens with one attached hydrogen (secondary N) is 1. The van der Waals surface area contributed by atoms with Gasteiger partial charge in [-0.1, -0.05) is 45.4 Å². The number of carboxylic acids is 2. The molecule has 0 aromatic heterocycles. The molecule has 21 heavy (non-hydrogen) atoms. The van der Waals surface area contributed by atoms with Crippen molar-refractivity contribution in [3.8, 4) is 0 Å². The molecule has 0 aromatic carbocycles. The number of carbonyl (C=O) groups excluding carboxylic acids is 1. The summed E-state index contributed by atoms with van der Waals surface area (Å²) in [6.45, 7) is 2.14. The number of aliphatic carboxylic acids is 2. The monoisotopic (exact) mass is 303 g/mol. The van der Waals surface area contributed by atoms with E-state index in [1.54, 1.807) is 0 Å². The van der Waals surface area contributed by atoms with Crippen LogP contribution in [-0.2, 0) is 14.4 Å². The van der Waals surface area contributed by atoms with Crippen LogP contribution in [0, 0.1) is 0 Å². The molecule has 0 rings (SSSR count). The van der Waals surface area contributed by atoms with E-state index >= 15 is 0 Å². The van der Waals surface area contributed by atoms with E-state index in [-0.39, 0.29) is 6.42 Å². The summed E-state index contributed by atoms with van der Waals surface area (Å²) in [5.74, 6) is -3.25. The lowest BCUT2D eigenvalue weighted by Gasteiger charge is -2.13. The quantitative estimate of drug-likeness (QED) is 0.454. The highest BCUT2D eigenvalue weighted by Gasteiger charge is 2.20. The van der Waals surface area contributed by atoms with Gasteiger partial charge in [-0.25, -0.2) is 4.79 Å². The maximum Gasteiger partial charge on any atom is 0.326 e. The van der Waals surface area contributed by atoms with Crippen LogP contribution in [0.2, 0.25) is 0 Å². The summed E-state index contributed by atoms with van der Waals surface area (Å²) in [5, 5.41) is 19.7. The Kier molecular flexibility index (Phi) is 10.1. The van der Waals surface area contributed by atoms with Crippen LogP contribution in [0.3, 0.4) is 0 Å². The van der Waals surface area contributed by atoms with Gasteiger partial charge in [0.2, 0.25) is 5.91 Å². The average Bonchev–Trinajstić information content (AvgIpc) is 2.44. The summed E-state index contributed by atoms with van der Waals surface area (Å²) in [6.07, 6.45) is 6.51. The van der Waals surface area contributed by atoms with Gasteiger partial charge in [-0.15, -0.1) is 0 Å². The zero-order valence-electron chi connectivity index (χ0n) is 13.7. The van der Waals surface area contributed by atoms with Gasteiger partial charge in [-0.05, 0) is 12.8 Å². The molecule has 0 aromatic rings. The number of hydrogen-bond acceptors (Lipinski definition) is 3. The van der Waals surface area contributed by atoms with Crippen molar-refractivity contribution in [2.45, 2.75) is 77.1 Å². The van der Waals surface area contributed by atoms with E-state index < -0.39 is 36.7 Å². The molecular formula is C15H27NO5. The molecule has 0 saturated heterocycles. The Bertz CT molecular complexity index is 375.